The van der Waals surface area contributed by atoms with Crippen LogP contribution in [0.15, 0.2) is 59.5 Å². The molecule has 2 aromatic rings. The summed E-state index contributed by atoms with van der Waals surface area (Å²) >= 11 is 5.87. The van der Waals surface area contributed by atoms with Gasteiger partial charge in [0.05, 0.1) is 37.1 Å². The molecule has 1 aliphatic heterocycles. The van der Waals surface area contributed by atoms with Gasteiger partial charge >= 0.3 is 0 Å². The Morgan fingerprint density at radius 1 is 1.14 bits per heavy atom. The SMILES string of the molecule is C[C@H](NS(=O)(=O)c1cccc(Cl)c1)C(=O)N1CC[NH+](Cc2ccccc2)CC1. The first-order valence-corrected chi connectivity index (χ1v) is 11.2. The third-order valence-electron chi connectivity index (χ3n) is 4.89. The molecule has 0 aliphatic carbocycles. The summed E-state index contributed by atoms with van der Waals surface area (Å²) in [4.78, 5) is 15.9. The molecule has 0 aromatic heterocycles. The first kappa shape index (κ1) is 20.8. The summed E-state index contributed by atoms with van der Waals surface area (Å²) in [7, 11) is -3.80. The monoisotopic (exact) mass is 422 g/mol. The van der Waals surface area contributed by atoms with Gasteiger partial charge in [0.25, 0.3) is 0 Å². The van der Waals surface area contributed by atoms with Crippen LogP contribution in [-0.4, -0.2) is 51.4 Å². The molecule has 2 aromatic carbocycles. The lowest BCUT2D eigenvalue weighted by molar-refractivity contribution is -0.917. The molecule has 1 amide bonds. The maximum absolute atomic E-state index is 12.7. The van der Waals surface area contributed by atoms with Crippen LogP contribution in [0.2, 0.25) is 5.02 Å². The molecule has 28 heavy (non-hydrogen) atoms. The zero-order valence-corrected chi connectivity index (χ0v) is 17.3. The van der Waals surface area contributed by atoms with Crippen LogP contribution in [0.3, 0.4) is 0 Å². The average Bonchev–Trinajstić information content (AvgIpc) is 2.68. The van der Waals surface area contributed by atoms with Crippen molar-refractivity contribution < 1.29 is 18.1 Å². The van der Waals surface area contributed by atoms with Gasteiger partial charge < -0.3 is 9.80 Å². The Labute approximate surface area is 171 Å². The van der Waals surface area contributed by atoms with Crippen molar-refractivity contribution in [1.82, 2.24) is 9.62 Å². The highest BCUT2D eigenvalue weighted by atomic mass is 35.5. The van der Waals surface area contributed by atoms with Crippen molar-refractivity contribution in [1.29, 1.82) is 0 Å². The van der Waals surface area contributed by atoms with E-state index in [1.165, 1.54) is 22.6 Å². The van der Waals surface area contributed by atoms with E-state index in [0.29, 0.717) is 18.1 Å². The van der Waals surface area contributed by atoms with E-state index < -0.39 is 16.1 Å². The van der Waals surface area contributed by atoms with Crippen molar-refractivity contribution in [3.8, 4) is 0 Å². The largest absolute Gasteiger partial charge is 0.330 e. The van der Waals surface area contributed by atoms with Gasteiger partial charge in [-0.05, 0) is 25.1 Å². The van der Waals surface area contributed by atoms with E-state index in [4.69, 9.17) is 11.6 Å². The second-order valence-electron chi connectivity index (χ2n) is 7.04. The highest BCUT2D eigenvalue weighted by Gasteiger charge is 2.29. The minimum atomic E-state index is -3.80. The normalized spacial score (nSPS) is 16.7. The van der Waals surface area contributed by atoms with E-state index in [-0.39, 0.29) is 10.8 Å². The van der Waals surface area contributed by atoms with Crippen LogP contribution >= 0.6 is 11.6 Å². The maximum Gasteiger partial charge on any atom is 0.241 e. The molecular weight excluding hydrogens is 398 g/mol. The number of halogens is 1. The Morgan fingerprint density at radius 2 is 1.82 bits per heavy atom. The second kappa shape index (κ2) is 9.05. The summed E-state index contributed by atoms with van der Waals surface area (Å²) < 4.78 is 27.4. The standard InChI is InChI=1S/C20H24ClN3O3S/c1-16(22-28(26,27)19-9-5-8-18(21)14-19)20(25)24-12-10-23(11-13-24)15-17-6-3-2-4-7-17/h2-9,14,16,22H,10-13,15H2,1H3/p+1/t16-/m0/s1. The fraction of sp³-hybridized carbons (Fsp3) is 0.350. The maximum atomic E-state index is 12.7. The Bertz CT molecular complexity index is 913. The number of quaternary nitrogens is 1. The molecule has 3 rings (SSSR count). The van der Waals surface area contributed by atoms with Gasteiger partial charge in [-0.3, -0.25) is 4.79 Å². The molecule has 0 radical (unpaired) electrons. The topological polar surface area (TPSA) is 70.9 Å². The van der Waals surface area contributed by atoms with Crippen molar-refractivity contribution in [2.45, 2.75) is 24.4 Å². The number of benzene rings is 2. The van der Waals surface area contributed by atoms with Gasteiger partial charge in [-0.1, -0.05) is 48.0 Å². The molecule has 6 nitrogen and oxygen atoms in total. The number of hydrogen-bond donors (Lipinski definition) is 2. The minimum absolute atomic E-state index is 0.0526. The molecule has 150 valence electrons. The minimum Gasteiger partial charge on any atom is -0.330 e. The molecule has 1 heterocycles. The van der Waals surface area contributed by atoms with Crippen LogP contribution in [0.25, 0.3) is 0 Å². The summed E-state index contributed by atoms with van der Waals surface area (Å²) in [5, 5.41) is 0.333. The van der Waals surface area contributed by atoms with Crippen molar-refractivity contribution >= 4 is 27.5 Å². The summed E-state index contributed by atoms with van der Waals surface area (Å²) in [6.45, 7) is 5.42. The van der Waals surface area contributed by atoms with Gasteiger partial charge in [-0.2, -0.15) is 4.72 Å². The molecule has 1 atom stereocenters. The number of carbonyl (C=O) groups is 1. The quantitative estimate of drug-likeness (QED) is 0.727. The Hall–Kier alpha value is -1.93. The van der Waals surface area contributed by atoms with E-state index >= 15 is 0 Å². The molecule has 1 saturated heterocycles. The molecule has 0 unspecified atom stereocenters. The molecule has 1 fully saturated rings. The van der Waals surface area contributed by atoms with Gasteiger partial charge in [-0.25, -0.2) is 8.42 Å². The lowest BCUT2D eigenvalue weighted by Crippen LogP contribution is -3.13. The van der Waals surface area contributed by atoms with Crippen LogP contribution in [0, 0.1) is 0 Å². The van der Waals surface area contributed by atoms with E-state index in [0.717, 1.165) is 19.6 Å². The van der Waals surface area contributed by atoms with Crippen molar-refractivity contribution in [3.05, 3.63) is 65.2 Å². The average molecular weight is 423 g/mol. The number of piperazine rings is 1. The van der Waals surface area contributed by atoms with E-state index in [2.05, 4.69) is 16.9 Å². The van der Waals surface area contributed by atoms with E-state index in [1.54, 1.807) is 24.0 Å². The highest BCUT2D eigenvalue weighted by molar-refractivity contribution is 7.89. The van der Waals surface area contributed by atoms with Gasteiger partial charge in [0.2, 0.25) is 15.9 Å². The van der Waals surface area contributed by atoms with Crippen molar-refractivity contribution in [3.63, 3.8) is 0 Å². The highest BCUT2D eigenvalue weighted by Crippen LogP contribution is 2.15. The van der Waals surface area contributed by atoms with E-state index in [9.17, 15) is 13.2 Å². The van der Waals surface area contributed by atoms with Crippen LogP contribution in [-0.2, 0) is 21.4 Å². The number of carbonyl (C=O) groups excluding carboxylic acids is 1. The molecular formula is C20H25ClN3O3S+. The van der Waals surface area contributed by atoms with Gasteiger partial charge in [0.15, 0.2) is 0 Å². The number of rotatable bonds is 6. The number of sulfonamides is 1. The van der Waals surface area contributed by atoms with Gasteiger partial charge in [0.1, 0.15) is 6.54 Å². The predicted molar refractivity (Wildman–Crippen MR) is 109 cm³/mol. The van der Waals surface area contributed by atoms with Crippen LogP contribution < -0.4 is 9.62 Å². The lowest BCUT2D eigenvalue weighted by Gasteiger charge is -2.33. The lowest BCUT2D eigenvalue weighted by atomic mass is 10.2. The first-order valence-electron chi connectivity index (χ1n) is 9.29. The fourth-order valence-corrected chi connectivity index (χ4v) is 4.86. The fourth-order valence-electron chi connectivity index (χ4n) is 3.36. The predicted octanol–water partition coefficient (Wildman–Crippen LogP) is 0.934. The molecule has 0 spiro atoms. The smallest absolute Gasteiger partial charge is 0.241 e. The summed E-state index contributed by atoms with van der Waals surface area (Å²) in [5.74, 6) is -0.204. The van der Waals surface area contributed by atoms with Crippen molar-refractivity contribution in [2.24, 2.45) is 0 Å². The Balaban J connectivity index is 1.54. The number of nitrogens with zero attached hydrogens (tertiary/aromatic N) is 1. The summed E-state index contributed by atoms with van der Waals surface area (Å²) in [6, 6.07) is 15.4. The summed E-state index contributed by atoms with van der Waals surface area (Å²) in [5.41, 5.74) is 1.28. The summed E-state index contributed by atoms with van der Waals surface area (Å²) in [6.07, 6.45) is 0. The zero-order chi connectivity index (χ0) is 20.1. The second-order valence-corrected chi connectivity index (χ2v) is 9.19. The molecule has 0 bridgehead atoms. The molecule has 0 saturated carbocycles. The third kappa shape index (κ3) is 5.32. The molecule has 2 N–H and O–H groups in total. The number of nitrogens with one attached hydrogen (secondary N) is 2. The third-order valence-corrected chi connectivity index (χ3v) is 6.66. The molecule has 8 heteroatoms. The van der Waals surface area contributed by atoms with Gasteiger partial charge in [0, 0.05) is 10.6 Å². The number of amides is 1. The Kier molecular flexibility index (Phi) is 6.72. The first-order chi connectivity index (χ1) is 13.3. The number of hydrogen-bond acceptors (Lipinski definition) is 3. The van der Waals surface area contributed by atoms with Crippen molar-refractivity contribution in [2.75, 3.05) is 26.2 Å². The van der Waals surface area contributed by atoms with Crippen LogP contribution in [0.5, 0.6) is 0 Å². The van der Waals surface area contributed by atoms with E-state index in [1.807, 2.05) is 18.2 Å². The van der Waals surface area contributed by atoms with Crippen LogP contribution in [0.4, 0.5) is 0 Å². The zero-order valence-electron chi connectivity index (χ0n) is 15.8. The molecule has 1 aliphatic rings. The van der Waals surface area contributed by atoms with Crippen LogP contribution in [0.1, 0.15) is 12.5 Å². The van der Waals surface area contributed by atoms with Gasteiger partial charge in [-0.15, -0.1) is 0 Å². The Morgan fingerprint density at radius 3 is 2.46 bits per heavy atom.